The maximum atomic E-state index is 4.67. The fourth-order valence-electron chi connectivity index (χ4n) is 1.71. The molecule has 0 radical (unpaired) electrons. The molecule has 1 fully saturated rings. The number of imidazole rings is 1. The summed E-state index contributed by atoms with van der Waals surface area (Å²) in [5.41, 5.74) is 3.29. The van der Waals surface area contributed by atoms with Gasteiger partial charge in [-0.25, -0.2) is 4.98 Å². The van der Waals surface area contributed by atoms with Gasteiger partial charge in [0.1, 0.15) is 3.70 Å². The van der Waals surface area contributed by atoms with Crippen molar-refractivity contribution in [3.05, 3.63) is 27.5 Å². The molecule has 1 aliphatic rings. The zero-order valence-corrected chi connectivity index (χ0v) is 10.0. The molecular weight excluding hydrogens is 289 g/mol. The summed E-state index contributed by atoms with van der Waals surface area (Å²) in [4.78, 5) is 8.92. The number of rotatable bonds is 1. The molecule has 2 aromatic heterocycles. The van der Waals surface area contributed by atoms with E-state index in [9.17, 15) is 0 Å². The molecule has 2 heterocycles. The van der Waals surface area contributed by atoms with Crippen molar-refractivity contribution in [3.8, 4) is 0 Å². The molecule has 14 heavy (non-hydrogen) atoms. The Balaban J connectivity index is 2.33. The molecule has 2 aromatic rings. The molecule has 0 saturated heterocycles. The van der Waals surface area contributed by atoms with E-state index in [0.717, 1.165) is 11.3 Å². The molecule has 0 spiro atoms. The van der Waals surface area contributed by atoms with Gasteiger partial charge in [-0.15, -0.1) is 0 Å². The van der Waals surface area contributed by atoms with Crippen molar-refractivity contribution < 1.29 is 0 Å². The Morgan fingerprint density at radius 3 is 2.93 bits per heavy atom. The summed E-state index contributed by atoms with van der Waals surface area (Å²) in [6, 6.07) is 0. The molecule has 0 bridgehead atoms. The summed E-state index contributed by atoms with van der Waals surface area (Å²) in [5, 5.41) is 0. The van der Waals surface area contributed by atoms with Crippen LogP contribution in [-0.2, 0) is 0 Å². The van der Waals surface area contributed by atoms with Crippen molar-refractivity contribution in [1.82, 2.24) is 14.4 Å². The molecule has 1 aliphatic carbocycles. The highest BCUT2D eigenvalue weighted by Gasteiger charge is 2.29. The summed E-state index contributed by atoms with van der Waals surface area (Å²) < 4.78 is 3.39. The average molecular weight is 299 g/mol. The highest BCUT2D eigenvalue weighted by atomic mass is 127. The van der Waals surface area contributed by atoms with E-state index >= 15 is 0 Å². The van der Waals surface area contributed by atoms with Crippen LogP contribution in [0.15, 0.2) is 12.4 Å². The van der Waals surface area contributed by atoms with Crippen LogP contribution in [0.5, 0.6) is 0 Å². The van der Waals surface area contributed by atoms with Crippen LogP contribution in [0.4, 0.5) is 0 Å². The first kappa shape index (κ1) is 8.64. The van der Waals surface area contributed by atoms with Crippen molar-refractivity contribution in [2.45, 2.75) is 25.7 Å². The molecule has 0 N–H and O–H groups in total. The standard InChI is InChI=1S/C10H10IN3/c1-6-10-13-8(7-2-3-7)9(11)14(10)5-4-12-6/h4-5,7H,2-3H2,1H3. The fourth-order valence-corrected chi connectivity index (χ4v) is 2.66. The quantitative estimate of drug-likeness (QED) is 0.757. The topological polar surface area (TPSA) is 30.2 Å². The zero-order chi connectivity index (χ0) is 9.71. The van der Waals surface area contributed by atoms with E-state index in [1.807, 2.05) is 19.3 Å². The van der Waals surface area contributed by atoms with Crippen molar-refractivity contribution in [2.75, 3.05) is 0 Å². The number of aryl methyl sites for hydroxylation is 1. The minimum atomic E-state index is 0.709. The Hall–Kier alpha value is -0.650. The molecule has 0 amide bonds. The van der Waals surface area contributed by atoms with E-state index in [0.29, 0.717) is 5.92 Å². The van der Waals surface area contributed by atoms with Crippen LogP contribution in [0.1, 0.15) is 30.1 Å². The molecule has 0 aliphatic heterocycles. The second-order valence-electron chi connectivity index (χ2n) is 3.77. The third-order valence-corrected chi connectivity index (χ3v) is 3.72. The molecule has 3 rings (SSSR count). The Bertz CT molecular complexity index is 499. The predicted molar refractivity (Wildman–Crippen MR) is 62.4 cm³/mol. The number of fused-ring (bicyclic) bond motifs is 1. The highest BCUT2D eigenvalue weighted by molar-refractivity contribution is 14.1. The van der Waals surface area contributed by atoms with Gasteiger partial charge in [-0.05, 0) is 42.4 Å². The van der Waals surface area contributed by atoms with Gasteiger partial charge >= 0.3 is 0 Å². The number of hydrogen-bond acceptors (Lipinski definition) is 2. The van der Waals surface area contributed by atoms with Gasteiger partial charge in [0, 0.05) is 18.3 Å². The van der Waals surface area contributed by atoms with E-state index in [-0.39, 0.29) is 0 Å². The van der Waals surface area contributed by atoms with E-state index in [2.05, 4.69) is 37.0 Å². The van der Waals surface area contributed by atoms with Crippen LogP contribution in [-0.4, -0.2) is 14.4 Å². The van der Waals surface area contributed by atoms with Crippen LogP contribution in [0, 0.1) is 10.6 Å². The Labute approximate surface area is 95.7 Å². The third-order valence-electron chi connectivity index (χ3n) is 2.65. The molecule has 4 heteroatoms. The number of aromatic nitrogens is 3. The maximum absolute atomic E-state index is 4.67. The second-order valence-corrected chi connectivity index (χ2v) is 4.79. The summed E-state index contributed by atoms with van der Waals surface area (Å²) in [6.45, 7) is 2.01. The lowest BCUT2D eigenvalue weighted by atomic mass is 10.3. The summed E-state index contributed by atoms with van der Waals surface area (Å²) in [6.07, 6.45) is 6.42. The van der Waals surface area contributed by atoms with Gasteiger partial charge in [-0.1, -0.05) is 0 Å². The van der Waals surface area contributed by atoms with E-state index in [1.54, 1.807) is 0 Å². The van der Waals surface area contributed by atoms with Crippen molar-refractivity contribution >= 4 is 28.2 Å². The lowest BCUT2D eigenvalue weighted by Crippen LogP contribution is -1.91. The summed E-state index contributed by atoms with van der Waals surface area (Å²) in [5.74, 6) is 0.709. The average Bonchev–Trinajstić information content (AvgIpc) is 2.94. The van der Waals surface area contributed by atoms with Gasteiger partial charge in [-0.3, -0.25) is 9.38 Å². The largest absolute Gasteiger partial charge is 0.292 e. The van der Waals surface area contributed by atoms with Crippen LogP contribution in [0.2, 0.25) is 0 Å². The normalized spacial score (nSPS) is 16.4. The lowest BCUT2D eigenvalue weighted by Gasteiger charge is -1.95. The van der Waals surface area contributed by atoms with Crippen LogP contribution in [0.25, 0.3) is 5.65 Å². The first-order valence-electron chi connectivity index (χ1n) is 4.76. The zero-order valence-electron chi connectivity index (χ0n) is 7.87. The van der Waals surface area contributed by atoms with E-state index < -0.39 is 0 Å². The predicted octanol–water partition coefficient (Wildman–Crippen LogP) is 2.52. The van der Waals surface area contributed by atoms with Crippen molar-refractivity contribution in [2.24, 2.45) is 0 Å². The Morgan fingerprint density at radius 2 is 2.29 bits per heavy atom. The SMILES string of the molecule is Cc1nccn2c(I)c(C3CC3)nc12. The number of hydrogen-bond donors (Lipinski definition) is 0. The Morgan fingerprint density at radius 1 is 1.50 bits per heavy atom. The molecule has 72 valence electrons. The minimum absolute atomic E-state index is 0.709. The first-order valence-corrected chi connectivity index (χ1v) is 5.84. The minimum Gasteiger partial charge on any atom is -0.292 e. The molecule has 0 atom stereocenters. The van der Waals surface area contributed by atoms with Gasteiger partial charge in [0.15, 0.2) is 5.65 Å². The van der Waals surface area contributed by atoms with Crippen LogP contribution in [0.3, 0.4) is 0 Å². The molecule has 0 aromatic carbocycles. The number of nitrogens with zero attached hydrogens (tertiary/aromatic N) is 3. The van der Waals surface area contributed by atoms with Crippen LogP contribution >= 0.6 is 22.6 Å². The fraction of sp³-hybridized carbons (Fsp3) is 0.400. The van der Waals surface area contributed by atoms with Gasteiger partial charge in [0.2, 0.25) is 0 Å². The van der Waals surface area contributed by atoms with Gasteiger partial charge in [0.05, 0.1) is 11.4 Å². The Kier molecular flexibility index (Phi) is 1.80. The first-order chi connectivity index (χ1) is 6.77. The second kappa shape index (κ2) is 2.92. The van der Waals surface area contributed by atoms with Crippen LogP contribution < -0.4 is 0 Å². The van der Waals surface area contributed by atoms with Gasteiger partial charge in [-0.2, -0.15) is 0 Å². The molecule has 0 unspecified atom stereocenters. The number of halogens is 1. The highest BCUT2D eigenvalue weighted by Crippen LogP contribution is 2.41. The van der Waals surface area contributed by atoms with E-state index in [4.69, 9.17) is 0 Å². The van der Waals surface area contributed by atoms with E-state index in [1.165, 1.54) is 22.2 Å². The summed E-state index contributed by atoms with van der Waals surface area (Å²) in [7, 11) is 0. The van der Waals surface area contributed by atoms with Crippen molar-refractivity contribution in [1.29, 1.82) is 0 Å². The monoisotopic (exact) mass is 299 g/mol. The van der Waals surface area contributed by atoms with Crippen molar-refractivity contribution in [3.63, 3.8) is 0 Å². The summed E-state index contributed by atoms with van der Waals surface area (Å²) >= 11 is 2.38. The lowest BCUT2D eigenvalue weighted by molar-refractivity contribution is 1.03. The van der Waals surface area contributed by atoms with Gasteiger partial charge in [0.25, 0.3) is 0 Å². The van der Waals surface area contributed by atoms with Gasteiger partial charge < -0.3 is 0 Å². The third kappa shape index (κ3) is 1.16. The molecule has 3 nitrogen and oxygen atoms in total. The molecule has 1 saturated carbocycles. The molecular formula is C10H10IN3. The maximum Gasteiger partial charge on any atom is 0.159 e. The smallest absolute Gasteiger partial charge is 0.159 e.